The van der Waals surface area contributed by atoms with Gasteiger partial charge in [0, 0.05) is 23.6 Å². The van der Waals surface area contributed by atoms with Crippen molar-refractivity contribution in [1.29, 1.82) is 0 Å². The van der Waals surface area contributed by atoms with Gasteiger partial charge in [0.05, 0.1) is 0 Å². The molecule has 3 N–H and O–H groups in total. The van der Waals surface area contributed by atoms with Crippen LogP contribution in [0.5, 0.6) is 0 Å². The Labute approximate surface area is 155 Å². The molecular weight excluding hydrogens is 334 g/mol. The molecular formula is C20H26ClN3O. The van der Waals surface area contributed by atoms with Crippen LogP contribution in [-0.2, 0) is 11.2 Å². The molecule has 0 saturated heterocycles. The first-order valence-electron chi connectivity index (χ1n) is 8.49. The molecule has 1 aliphatic heterocycles. The summed E-state index contributed by atoms with van der Waals surface area (Å²) in [6.07, 6.45) is 1.99. The molecule has 1 aliphatic rings. The highest BCUT2D eigenvalue weighted by molar-refractivity contribution is 5.97. The fraction of sp³-hybridized carbons (Fsp3) is 0.350. The molecule has 0 fully saturated rings. The van der Waals surface area contributed by atoms with Crippen molar-refractivity contribution in [2.45, 2.75) is 39.7 Å². The second-order valence-electron chi connectivity index (χ2n) is 6.63. The highest BCUT2D eigenvalue weighted by Gasteiger charge is 2.27. The van der Waals surface area contributed by atoms with Crippen LogP contribution in [0.4, 0.5) is 17.1 Å². The van der Waals surface area contributed by atoms with Gasteiger partial charge in [-0.1, -0.05) is 18.2 Å². The molecule has 0 aromatic heterocycles. The van der Waals surface area contributed by atoms with Crippen LogP contribution in [0.2, 0.25) is 0 Å². The van der Waals surface area contributed by atoms with E-state index in [0.717, 1.165) is 53.1 Å². The number of anilines is 3. The van der Waals surface area contributed by atoms with E-state index in [9.17, 15) is 4.79 Å². The molecule has 1 atom stereocenters. The highest BCUT2D eigenvalue weighted by Crippen LogP contribution is 2.32. The van der Waals surface area contributed by atoms with Gasteiger partial charge in [-0.2, -0.15) is 0 Å². The summed E-state index contributed by atoms with van der Waals surface area (Å²) in [7, 11) is 0. The second-order valence-corrected chi connectivity index (χ2v) is 6.63. The van der Waals surface area contributed by atoms with Crippen molar-refractivity contribution in [1.82, 2.24) is 0 Å². The zero-order valence-electron chi connectivity index (χ0n) is 15.0. The number of hydrogen-bond donors (Lipinski definition) is 2. The summed E-state index contributed by atoms with van der Waals surface area (Å²) in [5.41, 5.74) is 12.3. The number of benzene rings is 2. The molecule has 2 aromatic rings. The predicted octanol–water partition coefficient (Wildman–Crippen LogP) is 4.09. The van der Waals surface area contributed by atoms with Gasteiger partial charge in [0.15, 0.2) is 0 Å². The number of aryl methyl sites for hydroxylation is 2. The van der Waals surface area contributed by atoms with Crippen LogP contribution < -0.4 is 16.0 Å². The summed E-state index contributed by atoms with van der Waals surface area (Å²) >= 11 is 0. The van der Waals surface area contributed by atoms with E-state index in [-0.39, 0.29) is 24.4 Å². The lowest BCUT2D eigenvalue weighted by molar-refractivity contribution is -0.117. The molecule has 0 aliphatic carbocycles. The Morgan fingerprint density at radius 3 is 2.76 bits per heavy atom. The molecule has 3 rings (SSSR count). The van der Waals surface area contributed by atoms with Crippen molar-refractivity contribution in [3.63, 3.8) is 0 Å². The summed E-state index contributed by atoms with van der Waals surface area (Å²) in [5.74, 6) is 0.0129. The van der Waals surface area contributed by atoms with Gasteiger partial charge in [-0.15, -0.1) is 12.4 Å². The minimum absolute atomic E-state index is 0. The zero-order chi connectivity index (χ0) is 17.3. The number of rotatable bonds is 3. The summed E-state index contributed by atoms with van der Waals surface area (Å²) < 4.78 is 0. The molecule has 0 saturated carbocycles. The van der Waals surface area contributed by atoms with Crippen molar-refractivity contribution in [2.24, 2.45) is 0 Å². The molecule has 5 heteroatoms. The van der Waals surface area contributed by atoms with Gasteiger partial charge in [-0.25, -0.2) is 0 Å². The van der Waals surface area contributed by atoms with Crippen LogP contribution in [0.1, 0.15) is 30.0 Å². The Bertz CT molecular complexity index is 776. The number of nitrogens with two attached hydrogens (primary N) is 1. The van der Waals surface area contributed by atoms with Gasteiger partial charge in [-0.05, 0) is 68.5 Å². The Kier molecular flexibility index (Phi) is 5.96. The maximum absolute atomic E-state index is 12.8. The van der Waals surface area contributed by atoms with Gasteiger partial charge < -0.3 is 16.0 Å². The van der Waals surface area contributed by atoms with Crippen molar-refractivity contribution < 1.29 is 4.79 Å². The molecule has 0 radical (unpaired) electrons. The number of carbonyl (C=O) groups excluding carboxylic acids is 1. The third-order valence-corrected chi connectivity index (χ3v) is 4.82. The van der Waals surface area contributed by atoms with E-state index in [1.54, 1.807) is 0 Å². The molecule has 25 heavy (non-hydrogen) atoms. The number of amides is 1. The fourth-order valence-electron chi connectivity index (χ4n) is 3.33. The van der Waals surface area contributed by atoms with Crippen LogP contribution in [0, 0.1) is 13.8 Å². The third-order valence-electron chi connectivity index (χ3n) is 4.82. The molecule has 0 bridgehead atoms. The molecule has 1 amide bonds. The highest BCUT2D eigenvalue weighted by atomic mass is 35.5. The Balaban J connectivity index is 0.00000225. The number of halogens is 1. The first kappa shape index (κ1) is 19.1. The van der Waals surface area contributed by atoms with Gasteiger partial charge in [0.2, 0.25) is 5.91 Å². The van der Waals surface area contributed by atoms with E-state index in [2.05, 4.69) is 22.3 Å². The second kappa shape index (κ2) is 7.79. The number of fused-ring (bicyclic) bond motifs is 1. The maximum Gasteiger partial charge on any atom is 0.246 e. The smallest absolute Gasteiger partial charge is 0.246 e. The summed E-state index contributed by atoms with van der Waals surface area (Å²) in [6, 6.07) is 11.8. The number of nitrogens with one attached hydrogen (secondary N) is 1. The van der Waals surface area contributed by atoms with E-state index < -0.39 is 0 Å². The Morgan fingerprint density at radius 2 is 2.00 bits per heavy atom. The third kappa shape index (κ3) is 3.90. The van der Waals surface area contributed by atoms with Crippen molar-refractivity contribution >= 4 is 35.4 Å². The van der Waals surface area contributed by atoms with E-state index >= 15 is 0 Å². The average molecular weight is 360 g/mol. The molecule has 0 spiro atoms. The standard InChI is InChI=1S/C20H25N3O.ClH/c1-13-9-10-14(2)18(12-13)22-20(24)15(3)23-11-5-6-16-17(21)7-4-8-19(16)23;/h4,7-10,12,15H,5-6,11,21H2,1-3H3,(H,22,24);1H. The van der Waals surface area contributed by atoms with Crippen LogP contribution in [-0.4, -0.2) is 18.5 Å². The topological polar surface area (TPSA) is 58.4 Å². The quantitative estimate of drug-likeness (QED) is 0.811. The lowest BCUT2D eigenvalue weighted by Crippen LogP contribution is -2.44. The van der Waals surface area contributed by atoms with Gasteiger partial charge in [-0.3, -0.25) is 4.79 Å². The minimum atomic E-state index is -0.245. The van der Waals surface area contributed by atoms with Crippen molar-refractivity contribution in [3.8, 4) is 0 Å². The predicted molar refractivity (Wildman–Crippen MR) is 108 cm³/mol. The normalized spacial score (nSPS) is 14.3. The molecule has 1 heterocycles. The number of nitrogens with zero attached hydrogens (tertiary/aromatic N) is 1. The van der Waals surface area contributed by atoms with E-state index in [1.807, 2.05) is 45.0 Å². The first-order chi connectivity index (χ1) is 11.5. The average Bonchev–Trinajstić information content (AvgIpc) is 2.57. The van der Waals surface area contributed by atoms with Crippen LogP contribution in [0.15, 0.2) is 36.4 Å². The largest absolute Gasteiger partial charge is 0.398 e. The summed E-state index contributed by atoms with van der Waals surface area (Å²) in [6.45, 7) is 6.87. The Morgan fingerprint density at radius 1 is 1.24 bits per heavy atom. The number of hydrogen-bond acceptors (Lipinski definition) is 3. The lowest BCUT2D eigenvalue weighted by atomic mass is 9.98. The van der Waals surface area contributed by atoms with Gasteiger partial charge in [0.25, 0.3) is 0 Å². The molecule has 134 valence electrons. The SMILES string of the molecule is Cc1ccc(C)c(NC(=O)C(C)N2CCCc3c(N)cccc32)c1.Cl. The van der Waals surface area contributed by atoms with Crippen LogP contribution in [0.25, 0.3) is 0 Å². The molecule has 1 unspecified atom stereocenters. The van der Waals surface area contributed by atoms with Crippen molar-refractivity contribution in [3.05, 3.63) is 53.1 Å². The van der Waals surface area contributed by atoms with E-state index in [0.29, 0.717) is 0 Å². The summed E-state index contributed by atoms with van der Waals surface area (Å²) in [5, 5.41) is 3.08. The monoisotopic (exact) mass is 359 g/mol. The van der Waals surface area contributed by atoms with E-state index in [1.165, 1.54) is 0 Å². The first-order valence-corrected chi connectivity index (χ1v) is 8.49. The number of carbonyl (C=O) groups is 1. The zero-order valence-corrected chi connectivity index (χ0v) is 15.8. The van der Waals surface area contributed by atoms with E-state index in [4.69, 9.17) is 5.73 Å². The van der Waals surface area contributed by atoms with Gasteiger partial charge in [0.1, 0.15) is 6.04 Å². The van der Waals surface area contributed by atoms with Crippen molar-refractivity contribution in [2.75, 3.05) is 22.5 Å². The molecule has 2 aromatic carbocycles. The van der Waals surface area contributed by atoms with Gasteiger partial charge >= 0.3 is 0 Å². The number of nitrogen functional groups attached to an aromatic ring is 1. The van der Waals surface area contributed by atoms with Crippen LogP contribution >= 0.6 is 12.4 Å². The summed E-state index contributed by atoms with van der Waals surface area (Å²) in [4.78, 5) is 14.9. The maximum atomic E-state index is 12.8. The Hall–Kier alpha value is -2.20. The minimum Gasteiger partial charge on any atom is -0.398 e. The van der Waals surface area contributed by atoms with Crippen LogP contribution in [0.3, 0.4) is 0 Å². The fourth-order valence-corrected chi connectivity index (χ4v) is 3.33. The molecule has 4 nitrogen and oxygen atoms in total. The lowest BCUT2D eigenvalue weighted by Gasteiger charge is -2.36.